The van der Waals surface area contributed by atoms with E-state index >= 15 is 0 Å². The molecule has 1 aliphatic rings. The average Bonchev–Trinajstić information content (AvgIpc) is 2.88. The Hall–Kier alpha value is -1.57. The summed E-state index contributed by atoms with van der Waals surface area (Å²) < 4.78 is 10.2. The Morgan fingerprint density at radius 3 is 2.95 bits per heavy atom. The molecule has 0 N–H and O–H groups in total. The molecule has 4 nitrogen and oxygen atoms in total. The minimum Gasteiger partial charge on any atom is -0.462 e. The molecule has 0 amide bonds. The summed E-state index contributed by atoms with van der Waals surface area (Å²) in [7, 11) is 0. The first-order valence-corrected chi connectivity index (χ1v) is 6.47. The van der Waals surface area contributed by atoms with Crippen LogP contribution in [0.2, 0.25) is 5.02 Å². The molecule has 1 atom stereocenters. The van der Waals surface area contributed by atoms with E-state index in [1.54, 1.807) is 25.1 Å². The van der Waals surface area contributed by atoms with E-state index in [1.807, 2.05) is 0 Å². The van der Waals surface area contributed by atoms with Gasteiger partial charge in [0.15, 0.2) is 0 Å². The lowest BCUT2D eigenvalue weighted by Crippen LogP contribution is -2.24. The van der Waals surface area contributed by atoms with E-state index in [-0.39, 0.29) is 0 Å². The smallest absolute Gasteiger partial charge is 0.338 e. The van der Waals surface area contributed by atoms with Crippen LogP contribution in [0.15, 0.2) is 18.2 Å². The molecule has 0 aromatic heterocycles. The standard InChI is InChI=1S/C14H14ClNO3/c1-2-19-13(17)10-3-4-11(12(15)7-10)14(8-16)5-6-18-9-14/h3-4,7H,2,5-6,9H2,1H3. The van der Waals surface area contributed by atoms with Crippen molar-refractivity contribution < 1.29 is 14.3 Å². The summed E-state index contributed by atoms with van der Waals surface area (Å²) in [5, 5.41) is 9.78. The van der Waals surface area contributed by atoms with Gasteiger partial charge in [0, 0.05) is 11.6 Å². The van der Waals surface area contributed by atoms with E-state index in [4.69, 9.17) is 21.1 Å². The highest BCUT2D eigenvalue weighted by atomic mass is 35.5. The summed E-state index contributed by atoms with van der Waals surface area (Å²) in [6.07, 6.45) is 0.613. The second kappa shape index (κ2) is 5.60. The Kier molecular flexibility index (Phi) is 4.08. The van der Waals surface area contributed by atoms with E-state index < -0.39 is 11.4 Å². The Balaban J connectivity index is 2.35. The molecule has 19 heavy (non-hydrogen) atoms. The number of carbonyl (C=O) groups excluding carboxylic acids is 1. The maximum Gasteiger partial charge on any atom is 0.338 e. The number of hydrogen-bond donors (Lipinski definition) is 0. The molecule has 100 valence electrons. The summed E-state index contributed by atoms with van der Waals surface area (Å²) >= 11 is 6.21. The van der Waals surface area contributed by atoms with Crippen LogP contribution in [0.4, 0.5) is 0 Å². The molecule has 0 saturated carbocycles. The third-order valence-electron chi connectivity index (χ3n) is 3.23. The zero-order valence-electron chi connectivity index (χ0n) is 10.6. The van der Waals surface area contributed by atoms with Crippen molar-refractivity contribution in [3.05, 3.63) is 34.3 Å². The van der Waals surface area contributed by atoms with E-state index in [9.17, 15) is 10.1 Å². The summed E-state index contributed by atoms with van der Waals surface area (Å²) in [6.45, 7) is 2.94. The van der Waals surface area contributed by atoms with Crippen molar-refractivity contribution >= 4 is 17.6 Å². The molecule has 1 aromatic carbocycles. The molecule has 0 bridgehead atoms. The molecule has 1 saturated heterocycles. The first kappa shape index (κ1) is 13.9. The largest absolute Gasteiger partial charge is 0.462 e. The van der Waals surface area contributed by atoms with Gasteiger partial charge in [0.05, 0.1) is 24.8 Å². The third-order valence-corrected chi connectivity index (χ3v) is 3.54. The molecule has 1 aliphatic heterocycles. The molecule has 2 rings (SSSR count). The van der Waals surface area contributed by atoms with Gasteiger partial charge in [-0.2, -0.15) is 5.26 Å². The van der Waals surface area contributed by atoms with Gasteiger partial charge in [-0.3, -0.25) is 0 Å². The van der Waals surface area contributed by atoms with Crippen LogP contribution >= 0.6 is 11.6 Å². The number of ether oxygens (including phenoxy) is 2. The van der Waals surface area contributed by atoms with Gasteiger partial charge < -0.3 is 9.47 Å². The van der Waals surface area contributed by atoms with Crippen molar-refractivity contribution in [3.8, 4) is 6.07 Å². The van der Waals surface area contributed by atoms with Crippen LogP contribution in [0.3, 0.4) is 0 Å². The fourth-order valence-electron chi connectivity index (χ4n) is 2.17. The van der Waals surface area contributed by atoms with Gasteiger partial charge in [0.1, 0.15) is 5.41 Å². The molecule has 1 fully saturated rings. The maximum atomic E-state index is 11.6. The van der Waals surface area contributed by atoms with Crippen molar-refractivity contribution in [3.63, 3.8) is 0 Å². The monoisotopic (exact) mass is 279 g/mol. The third kappa shape index (κ3) is 2.58. The number of hydrogen-bond acceptors (Lipinski definition) is 4. The van der Waals surface area contributed by atoms with Crippen molar-refractivity contribution in [2.75, 3.05) is 19.8 Å². The van der Waals surface area contributed by atoms with Crippen LogP contribution < -0.4 is 0 Å². The number of esters is 1. The zero-order chi connectivity index (χ0) is 13.9. The van der Waals surface area contributed by atoms with Crippen molar-refractivity contribution in [2.45, 2.75) is 18.8 Å². The Bertz CT molecular complexity index is 530. The summed E-state index contributed by atoms with van der Waals surface area (Å²) in [6, 6.07) is 7.18. The predicted molar refractivity (Wildman–Crippen MR) is 70.1 cm³/mol. The Morgan fingerprint density at radius 1 is 1.63 bits per heavy atom. The number of nitriles is 1. The topological polar surface area (TPSA) is 59.3 Å². The number of nitrogens with zero attached hydrogens (tertiary/aromatic N) is 1. The number of rotatable bonds is 3. The van der Waals surface area contributed by atoms with Crippen LogP contribution in [0, 0.1) is 11.3 Å². The van der Waals surface area contributed by atoms with Crippen molar-refractivity contribution in [1.82, 2.24) is 0 Å². The van der Waals surface area contributed by atoms with Crippen LogP contribution in [0.25, 0.3) is 0 Å². The lowest BCUT2D eigenvalue weighted by atomic mass is 9.81. The van der Waals surface area contributed by atoms with Crippen LogP contribution in [0.5, 0.6) is 0 Å². The average molecular weight is 280 g/mol. The lowest BCUT2D eigenvalue weighted by Gasteiger charge is -2.20. The SMILES string of the molecule is CCOC(=O)c1ccc(C2(C#N)CCOC2)c(Cl)c1. The molecular formula is C14H14ClNO3. The quantitative estimate of drug-likeness (QED) is 0.798. The van der Waals surface area contributed by atoms with Gasteiger partial charge in [-0.1, -0.05) is 17.7 Å². The highest BCUT2D eigenvalue weighted by Crippen LogP contribution is 2.37. The predicted octanol–water partition coefficient (Wildman–Crippen LogP) is 2.70. The summed E-state index contributed by atoms with van der Waals surface area (Å²) in [4.78, 5) is 11.6. The van der Waals surface area contributed by atoms with Gasteiger partial charge in [0.2, 0.25) is 0 Å². The first-order valence-electron chi connectivity index (χ1n) is 6.09. The molecule has 0 aliphatic carbocycles. The van der Waals surface area contributed by atoms with Crippen molar-refractivity contribution in [1.29, 1.82) is 5.26 Å². The Morgan fingerprint density at radius 2 is 2.42 bits per heavy atom. The molecule has 1 unspecified atom stereocenters. The van der Waals surface area contributed by atoms with Gasteiger partial charge >= 0.3 is 5.97 Å². The van der Waals surface area contributed by atoms with Gasteiger partial charge in [-0.15, -0.1) is 0 Å². The molecule has 5 heteroatoms. The van der Waals surface area contributed by atoms with Crippen LogP contribution in [-0.2, 0) is 14.9 Å². The number of halogens is 1. The van der Waals surface area contributed by atoms with Crippen LogP contribution in [-0.4, -0.2) is 25.8 Å². The van der Waals surface area contributed by atoms with E-state index in [0.717, 1.165) is 0 Å². The fourth-order valence-corrected chi connectivity index (χ4v) is 2.53. The van der Waals surface area contributed by atoms with Gasteiger partial charge in [-0.05, 0) is 31.0 Å². The van der Waals surface area contributed by atoms with Crippen molar-refractivity contribution in [2.24, 2.45) is 0 Å². The molecule has 0 spiro atoms. The van der Waals surface area contributed by atoms with Gasteiger partial charge in [0.25, 0.3) is 0 Å². The Labute approximate surface area is 116 Å². The second-order valence-electron chi connectivity index (χ2n) is 4.41. The highest BCUT2D eigenvalue weighted by molar-refractivity contribution is 6.31. The minimum absolute atomic E-state index is 0.314. The van der Waals surface area contributed by atoms with Crippen LogP contribution in [0.1, 0.15) is 29.3 Å². The van der Waals surface area contributed by atoms with E-state index in [2.05, 4.69) is 6.07 Å². The molecule has 0 radical (unpaired) electrons. The second-order valence-corrected chi connectivity index (χ2v) is 4.82. The number of benzene rings is 1. The number of carbonyl (C=O) groups is 1. The fraction of sp³-hybridized carbons (Fsp3) is 0.429. The molecular weight excluding hydrogens is 266 g/mol. The molecule has 1 heterocycles. The minimum atomic E-state index is -0.704. The van der Waals surface area contributed by atoms with E-state index in [1.165, 1.54) is 0 Å². The summed E-state index contributed by atoms with van der Waals surface area (Å²) in [5.74, 6) is -0.412. The van der Waals surface area contributed by atoms with E-state index in [0.29, 0.717) is 42.4 Å². The zero-order valence-corrected chi connectivity index (χ0v) is 11.4. The normalized spacial score (nSPS) is 21.9. The molecule has 1 aromatic rings. The summed E-state index contributed by atoms with van der Waals surface area (Å²) in [5.41, 5.74) is 0.398. The highest BCUT2D eigenvalue weighted by Gasteiger charge is 2.38. The first-order chi connectivity index (χ1) is 9.13. The lowest BCUT2D eigenvalue weighted by molar-refractivity contribution is 0.0526. The van der Waals surface area contributed by atoms with Gasteiger partial charge in [-0.25, -0.2) is 4.79 Å². The maximum absolute atomic E-state index is 11.6.